The summed E-state index contributed by atoms with van der Waals surface area (Å²) in [7, 11) is 0. The van der Waals surface area contributed by atoms with Crippen LogP contribution in [0.25, 0.3) is 137 Å². The van der Waals surface area contributed by atoms with Crippen LogP contribution < -0.4 is 0 Å². The van der Waals surface area contributed by atoms with Crippen molar-refractivity contribution in [3.05, 3.63) is 272 Å². The van der Waals surface area contributed by atoms with Crippen LogP contribution in [0.5, 0.6) is 0 Å². The molecular formula is C72H51N. The van der Waals surface area contributed by atoms with Gasteiger partial charge in [0.15, 0.2) is 0 Å². The van der Waals surface area contributed by atoms with E-state index in [4.69, 9.17) is 0 Å². The lowest BCUT2D eigenvalue weighted by Gasteiger charge is -2.18. The van der Waals surface area contributed by atoms with Crippen LogP contribution in [0.15, 0.2) is 267 Å². The van der Waals surface area contributed by atoms with Crippen molar-refractivity contribution in [3.63, 3.8) is 0 Å². The highest BCUT2D eigenvalue weighted by Gasteiger charge is 2.20. The first-order valence-electron chi connectivity index (χ1n) is 25.0. The smallest absolute Gasteiger partial charge is 0.0541 e. The summed E-state index contributed by atoms with van der Waals surface area (Å²) in [5, 5.41) is 12.5. The number of benzene rings is 13. The van der Waals surface area contributed by atoms with Gasteiger partial charge < -0.3 is 4.57 Å². The Morgan fingerprint density at radius 1 is 0.219 bits per heavy atom. The van der Waals surface area contributed by atoms with Crippen LogP contribution in [0.3, 0.4) is 0 Å². The minimum atomic E-state index is 0. The highest BCUT2D eigenvalue weighted by Crippen LogP contribution is 2.47. The maximum atomic E-state index is 2.43. The zero-order valence-corrected chi connectivity index (χ0v) is 39.9. The second kappa shape index (κ2) is 17.8. The molecule has 1 heteroatoms. The second-order valence-corrected chi connectivity index (χ2v) is 19.2. The molecule has 0 aliphatic carbocycles. The van der Waals surface area contributed by atoms with Crippen molar-refractivity contribution in [2.24, 2.45) is 0 Å². The Labute approximate surface area is 426 Å². The van der Waals surface area contributed by atoms with E-state index in [1.165, 1.54) is 137 Å². The maximum Gasteiger partial charge on any atom is 0.0541 e. The fraction of sp³-hybridized carbons (Fsp3) is 0.0278. The average molecular weight is 930 g/mol. The molecule has 0 N–H and O–H groups in total. The van der Waals surface area contributed by atoms with E-state index in [2.05, 4.69) is 278 Å². The summed E-state index contributed by atoms with van der Waals surface area (Å²) in [5.74, 6) is 0. The van der Waals surface area contributed by atoms with E-state index in [0.29, 0.717) is 0 Å². The summed E-state index contributed by atoms with van der Waals surface area (Å²) in [6.45, 7) is 2.16. The summed E-state index contributed by atoms with van der Waals surface area (Å²) in [6.07, 6.45) is 0. The Hall–Kier alpha value is -9.30. The Balaban J connectivity index is 0.00000516. The first-order valence-corrected chi connectivity index (χ1v) is 25.0. The minimum absolute atomic E-state index is 0. The number of aryl methyl sites for hydroxylation is 1. The number of rotatable bonds is 7. The van der Waals surface area contributed by atoms with Crippen LogP contribution in [0.1, 0.15) is 13.0 Å². The van der Waals surface area contributed by atoms with E-state index >= 15 is 0 Å². The quantitative estimate of drug-likeness (QED) is 0.140. The molecule has 0 radical (unpaired) electrons. The lowest BCUT2D eigenvalue weighted by Crippen LogP contribution is -1.94. The predicted octanol–water partition coefficient (Wildman–Crippen LogP) is 20.3. The first kappa shape index (κ1) is 43.7. The van der Waals surface area contributed by atoms with E-state index in [1.54, 1.807) is 0 Å². The Bertz CT molecular complexity index is 4050. The summed E-state index contributed by atoms with van der Waals surface area (Å²) in [5.41, 5.74) is 19.5. The van der Waals surface area contributed by atoms with Gasteiger partial charge in [-0.3, -0.25) is 0 Å². The molecule has 1 aromatic heterocycles. The molecule has 0 aliphatic rings. The van der Waals surface area contributed by atoms with Crippen LogP contribution in [-0.2, 0) is 0 Å². The number of hydrogen-bond acceptors (Lipinski definition) is 0. The van der Waals surface area contributed by atoms with Gasteiger partial charge in [0.05, 0.1) is 11.0 Å². The Morgan fingerprint density at radius 3 is 0.863 bits per heavy atom. The topological polar surface area (TPSA) is 4.93 Å². The SMILES string of the molecule is C.Cc1ccc(-n2c3ccc(-c4cccc(-c5c6ccccc6c(-c6ccccc6)c6ccccc56)c4)cc3c3cc(-c4cccc(-c5c6ccccc6c(-c6ccccc6)c6ccccc56)c4)ccc32)cc1. The molecule has 73 heavy (non-hydrogen) atoms. The van der Waals surface area contributed by atoms with Gasteiger partial charge in [-0.05, 0) is 165 Å². The molecule has 13 aromatic carbocycles. The lowest BCUT2D eigenvalue weighted by atomic mass is 9.85. The minimum Gasteiger partial charge on any atom is -0.309 e. The molecule has 1 heterocycles. The first-order chi connectivity index (χ1) is 35.6. The van der Waals surface area contributed by atoms with Gasteiger partial charge >= 0.3 is 0 Å². The van der Waals surface area contributed by atoms with Crippen LogP contribution in [0, 0.1) is 6.92 Å². The molecule has 0 bridgehead atoms. The number of aromatic nitrogens is 1. The van der Waals surface area contributed by atoms with E-state index in [1.807, 2.05) is 0 Å². The molecule has 0 spiro atoms. The van der Waals surface area contributed by atoms with Crippen molar-refractivity contribution in [1.29, 1.82) is 0 Å². The predicted molar refractivity (Wildman–Crippen MR) is 315 cm³/mol. The molecule has 0 amide bonds. The van der Waals surface area contributed by atoms with Gasteiger partial charge in [0.2, 0.25) is 0 Å². The van der Waals surface area contributed by atoms with E-state index in [-0.39, 0.29) is 7.43 Å². The van der Waals surface area contributed by atoms with Crippen LogP contribution in [0.2, 0.25) is 0 Å². The van der Waals surface area contributed by atoms with Gasteiger partial charge in [-0.15, -0.1) is 0 Å². The zero-order chi connectivity index (χ0) is 47.7. The third-order valence-electron chi connectivity index (χ3n) is 15.0. The van der Waals surface area contributed by atoms with Gasteiger partial charge in [-0.25, -0.2) is 0 Å². The van der Waals surface area contributed by atoms with E-state index < -0.39 is 0 Å². The second-order valence-electron chi connectivity index (χ2n) is 19.2. The van der Waals surface area contributed by atoms with E-state index in [0.717, 1.165) is 5.69 Å². The van der Waals surface area contributed by atoms with Crippen molar-refractivity contribution >= 4 is 64.9 Å². The molecule has 0 aliphatic heterocycles. The molecule has 14 aromatic rings. The number of hydrogen-bond donors (Lipinski definition) is 0. The zero-order valence-electron chi connectivity index (χ0n) is 39.9. The molecule has 0 fully saturated rings. The van der Waals surface area contributed by atoms with Gasteiger partial charge in [0.25, 0.3) is 0 Å². The van der Waals surface area contributed by atoms with Gasteiger partial charge in [0.1, 0.15) is 0 Å². The third kappa shape index (κ3) is 7.23. The summed E-state index contributed by atoms with van der Waals surface area (Å²) in [4.78, 5) is 0. The summed E-state index contributed by atoms with van der Waals surface area (Å²) in [6, 6.07) is 98.7. The number of nitrogens with zero attached hydrogens (tertiary/aromatic N) is 1. The molecule has 0 saturated carbocycles. The molecule has 0 atom stereocenters. The average Bonchev–Trinajstić information content (AvgIpc) is 3.77. The van der Waals surface area contributed by atoms with Crippen molar-refractivity contribution in [3.8, 4) is 72.4 Å². The van der Waals surface area contributed by atoms with Crippen LogP contribution in [0.4, 0.5) is 0 Å². The van der Waals surface area contributed by atoms with Gasteiger partial charge in [0, 0.05) is 16.5 Å². The van der Waals surface area contributed by atoms with Crippen molar-refractivity contribution in [2.75, 3.05) is 0 Å². The van der Waals surface area contributed by atoms with Crippen molar-refractivity contribution in [1.82, 2.24) is 4.57 Å². The summed E-state index contributed by atoms with van der Waals surface area (Å²) < 4.78 is 2.43. The van der Waals surface area contributed by atoms with Crippen LogP contribution >= 0.6 is 0 Å². The van der Waals surface area contributed by atoms with Crippen LogP contribution in [-0.4, -0.2) is 4.57 Å². The normalized spacial score (nSPS) is 11.5. The molecule has 344 valence electrons. The fourth-order valence-electron chi connectivity index (χ4n) is 11.8. The van der Waals surface area contributed by atoms with Crippen molar-refractivity contribution in [2.45, 2.75) is 14.4 Å². The largest absolute Gasteiger partial charge is 0.309 e. The highest BCUT2D eigenvalue weighted by atomic mass is 15.0. The molecule has 1 nitrogen and oxygen atoms in total. The van der Waals surface area contributed by atoms with Crippen molar-refractivity contribution < 1.29 is 0 Å². The third-order valence-corrected chi connectivity index (χ3v) is 15.0. The molecule has 0 unspecified atom stereocenters. The molecular weight excluding hydrogens is 879 g/mol. The molecule has 0 saturated heterocycles. The lowest BCUT2D eigenvalue weighted by molar-refractivity contribution is 1.17. The number of fused-ring (bicyclic) bond motifs is 7. The van der Waals surface area contributed by atoms with Gasteiger partial charge in [-0.2, -0.15) is 0 Å². The highest BCUT2D eigenvalue weighted by molar-refractivity contribution is 6.23. The monoisotopic (exact) mass is 929 g/mol. The summed E-state index contributed by atoms with van der Waals surface area (Å²) >= 11 is 0. The maximum absolute atomic E-state index is 2.43. The fourth-order valence-corrected chi connectivity index (χ4v) is 11.8. The Kier molecular flexibility index (Phi) is 10.7. The standard InChI is InChI=1S/C71H47N.CH4/c1-46-34-38-55(39-35-46)72-66-40-36-51(49-22-16-24-53(42-49)70-60-30-12-8-26-56(60)68(47-18-4-2-5-19-47)57-27-9-13-31-61(57)70)44-64(66)65-45-52(37-41-67(65)72)50-23-17-25-54(43-50)71-62-32-14-10-28-58(62)69(48-20-6-3-7-21-48)59-29-11-15-33-63(59)71;/h2-45H,1H3;1H4. The Morgan fingerprint density at radius 2 is 0.507 bits per heavy atom. The van der Waals surface area contributed by atoms with Gasteiger partial charge in [-0.1, -0.05) is 231 Å². The van der Waals surface area contributed by atoms with E-state index in [9.17, 15) is 0 Å². The molecule has 14 rings (SSSR count).